The van der Waals surface area contributed by atoms with Crippen molar-refractivity contribution in [3.63, 3.8) is 0 Å². The van der Waals surface area contributed by atoms with E-state index in [1.165, 1.54) is 6.07 Å². The number of imidazole rings is 1. The summed E-state index contributed by atoms with van der Waals surface area (Å²) < 4.78 is 29.6. The Bertz CT molecular complexity index is 956. The molecule has 0 spiro atoms. The molecular weight excluding hydrogens is 350 g/mol. The van der Waals surface area contributed by atoms with Crippen LogP contribution in [0.1, 0.15) is 18.7 Å². The minimum Gasteiger partial charge on any atom is -0.334 e. The van der Waals surface area contributed by atoms with Crippen molar-refractivity contribution in [3.05, 3.63) is 66.1 Å². The Morgan fingerprint density at radius 1 is 1.00 bits per heavy atom. The zero-order chi connectivity index (χ0) is 18.8. The first-order chi connectivity index (χ1) is 13.1. The number of hydrogen-bond acceptors (Lipinski definition) is 2. The highest BCUT2D eigenvalue weighted by Gasteiger charge is 2.17. The third-order valence-electron chi connectivity index (χ3n) is 4.56. The minimum absolute atomic E-state index is 0.482. The molecule has 2 aromatic carbocycles. The Balaban J connectivity index is 1.58. The topological polar surface area (TPSA) is 59.0 Å². The van der Waals surface area contributed by atoms with Gasteiger partial charge in [-0.25, -0.2) is 18.6 Å². The van der Waals surface area contributed by atoms with Crippen molar-refractivity contribution >= 4 is 17.4 Å². The van der Waals surface area contributed by atoms with Crippen molar-refractivity contribution in [1.29, 1.82) is 0 Å². The highest BCUT2D eigenvalue weighted by molar-refractivity contribution is 6.02. The number of benzene rings is 2. The van der Waals surface area contributed by atoms with Crippen LogP contribution in [0.5, 0.6) is 0 Å². The van der Waals surface area contributed by atoms with Crippen LogP contribution in [0.15, 0.2) is 48.7 Å². The average Bonchev–Trinajstić information content (AvgIpc) is 3.09. The first-order valence-corrected chi connectivity index (χ1v) is 8.79. The zero-order valence-corrected chi connectivity index (χ0v) is 14.5. The largest absolute Gasteiger partial charge is 0.334 e. The van der Waals surface area contributed by atoms with Gasteiger partial charge in [-0.1, -0.05) is 24.3 Å². The smallest absolute Gasteiger partial charge is 0.323 e. The summed E-state index contributed by atoms with van der Waals surface area (Å²) >= 11 is 0. The first kappa shape index (κ1) is 17.2. The number of amides is 2. The molecule has 4 rings (SSSR count). The summed E-state index contributed by atoms with van der Waals surface area (Å²) in [6, 6.07) is 9.90. The number of halogens is 2. The van der Waals surface area contributed by atoms with Gasteiger partial charge in [-0.15, -0.1) is 0 Å². The Kier molecular flexibility index (Phi) is 4.58. The van der Waals surface area contributed by atoms with Crippen LogP contribution in [0.2, 0.25) is 0 Å². The molecule has 27 heavy (non-hydrogen) atoms. The lowest BCUT2D eigenvalue weighted by Crippen LogP contribution is -2.21. The summed E-state index contributed by atoms with van der Waals surface area (Å²) in [7, 11) is 0. The number of para-hydroxylation sites is 2. The van der Waals surface area contributed by atoms with Gasteiger partial charge in [-0.3, -0.25) is 0 Å². The Labute approximate surface area is 155 Å². The minimum atomic E-state index is -0.833. The lowest BCUT2D eigenvalue weighted by atomic mass is 10.1. The number of carbonyl (C=O) groups is 1. The fraction of sp³-hybridized carbons (Fsp3) is 0.200. The molecule has 0 radical (unpaired) electrons. The van der Waals surface area contributed by atoms with Gasteiger partial charge in [0.05, 0.1) is 11.4 Å². The fourth-order valence-electron chi connectivity index (χ4n) is 3.24. The van der Waals surface area contributed by atoms with Crippen LogP contribution in [-0.2, 0) is 13.0 Å². The summed E-state index contributed by atoms with van der Waals surface area (Å²) in [6.07, 6.45) is 5.15. The fourth-order valence-corrected chi connectivity index (χ4v) is 3.24. The maximum atomic E-state index is 13.7. The molecule has 3 aromatic rings. The van der Waals surface area contributed by atoms with Crippen molar-refractivity contribution in [2.45, 2.75) is 25.8 Å². The van der Waals surface area contributed by atoms with Crippen LogP contribution in [0.3, 0.4) is 0 Å². The SMILES string of the molecule is O=C(Nc1ccccc1-c1cn2c(n1)CCCC2)Nc1c(F)cccc1F. The van der Waals surface area contributed by atoms with Gasteiger partial charge in [0.15, 0.2) is 0 Å². The van der Waals surface area contributed by atoms with Gasteiger partial charge in [0.1, 0.15) is 23.1 Å². The van der Waals surface area contributed by atoms with Crippen molar-refractivity contribution in [3.8, 4) is 11.3 Å². The molecule has 1 aromatic heterocycles. The van der Waals surface area contributed by atoms with E-state index in [9.17, 15) is 13.6 Å². The van der Waals surface area contributed by atoms with Gasteiger partial charge in [-0.05, 0) is 31.0 Å². The number of rotatable bonds is 3. The number of nitrogens with zero attached hydrogens (tertiary/aromatic N) is 2. The van der Waals surface area contributed by atoms with E-state index in [-0.39, 0.29) is 0 Å². The second-order valence-corrected chi connectivity index (χ2v) is 6.41. The van der Waals surface area contributed by atoms with Crippen molar-refractivity contribution in [1.82, 2.24) is 9.55 Å². The highest BCUT2D eigenvalue weighted by atomic mass is 19.1. The average molecular weight is 368 g/mol. The molecule has 0 fully saturated rings. The van der Waals surface area contributed by atoms with Crippen LogP contribution in [0.25, 0.3) is 11.3 Å². The van der Waals surface area contributed by atoms with Crippen molar-refractivity contribution in [2.24, 2.45) is 0 Å². The van der Waals surface area contributed by atoms with E-state index in [4.69, 9.17) is 0 Å². The van der Waals surface area contributed by atoms with Crippen LogP contribution in [-0.4, -0.2) is 15.6 Å². The quantitative estimate of drug-likeness (QED) is 0.697. The second kappa shape index (κ2) is 7.19. The van der Waals surface area contributed by atoms with E-state index in [2.05, 4.69) is 20.2 Å². The van der Waals surface area contributed by atoms with Crippen LogP contribution in [0.4, 0.5) is 25.0 Å². The number of nitrogens with one attached hydrogen (secondary N) is 2. The van der Waals surface area contributed by atoms with Crippen LogP contribution in [0, 0.1) is 11.6 Å². The monoisotopic (exact) mass is 368 g/mol. The molecule has 0 bridgehead atoms. The summed E-state index contributed by atoms with van der Waals surface area (Å²) in [6.45, 7) is 0.935. The zero-order valence-electron chi connectivity index (χ0n) is 14.5. The molecule has 2 N–H and O–H groups in total. The van der Waals surface area contributed by atoms with E-state index >= 15 is 0 Å². The third kappa shape index (κ3) is 3.53. The van der Waals surface area contributed by atoms with Crippen LogP contribution < -0.4 is 10.6 Å². The van der Waals surface area contributed by atoms with E-state index < -0.39 is 23.4 Å². The van der Waals surface area contributed by atoms with Gasteiger partial charge in [0, 0.05) is 24.7 Å². The van der Waals surface area contributed by atoms with Gasteiger partial charge >= 0.3 is 6.03 Å². The molecule has 138 valence electrons. The lowest BCUT2D eigenvalue weighted by Gasteiger charge is -2.12. The highest BCUT2D eigenvalue weighted by Crippen LogP contribution is 2.29. The normalized spacial score (nSPS) is 13.1. The molecule has 0 saturated heterocycles. The van der Waals surface area contributed by atoms with Gasteiger partial charge in [0.2, 0.25) is 0 Å². The molecule has 0 unspecified atom stereocenters. The Morgan fingerprint density at radius 2 is 1.78 bits per heavy atom. The first-order valence-electron chi connectivity index (χ1n) is 8.79. The van der Waals surface area contributed by atoms with Crippen molar-refractivity contribution < 1.29 is 13.6 Å². The van der Waals surface area contributed by atoms with Gasteiger partial charge in [-0.2, -0.15) is 0 Å². The van der Waals surface area contributed by atoms with Gasteiger partial charge < -0.3 is 15.2 Å². The summed E-state index contributed by atoms with van der Waals surface area (Å²) in [5, 5.41) is 4.89. The van der Waals surface area contributed by atoms with E-state index in [1.807, 2.05) is 18.3 Å². The Hall–Kier alpha value is -3.22. The van der Waals surface area contributed by atoms with E-state index in [0.717, 1.165) is 55.0 Å². The molecule has 1 aliphatic heterocycles. The predicted octanol–water partition coefficient (Wildman–Crippen LogP) is 4.81. The number of hydrogen-bond donors (Lipinski definition) is 2. The number of anilines is 2. The van der Waals surface area contributed by atoms with Crippen LogP contribution >= 0.6 is 0 Å². The number of urea groups is 1. The standard InChI is InChI=1S/C20H18F2N4O/c21-14-7-5-8-15(22)19(14)25-20(27)24-16-9-2-1-6-13(16)17-12-26-11-4-3-10-18(26)23-17/h1-2,5-9,12H,3-4,10-11H2,(H2,24,25,27). The number of aromatic nitrogens is 2. The van der Waals surface area contributed by atoms with Gasteiger partial charge in [0.25, 0.3) is 0 Å². The number of aryl methyl sites for hydroxylation is 2. The van der Waals surface area contributed by atoms with E-state index in [1.54, 1.807) is 12.1 Å². The molecule has 7 heteroatoms. The molecule has 0 saturated carbocycles. The molecular formula is C20H18F2N4O. The summed E-state index contributed by atoms with van der Waals surface area (Å²) in [5.74, 6) is -0.635. The van der Waals surface area contributed by atoms with E-state index in [0.29, 0.717) is 5.69 Å². The molecule has 2 amide bonds. The third-order valence-corrected chi connectivity index (χ3v) is 4.56. The predicted molar refractivity (Wildman–Crippen MR) is 99.6 cm³/mol. The summed E-state index contributed by atoms with van der Waals surface area (Å²) in [4.78, 5) is 17.0. The second-order valence-electron chi connectivity index (χ2n) is 6.41. The maximum Gasteiger partial charge on any atom is 0.323 e. The number of carbonyl (C=O) groups excluding carboxylic acids is 1. The summed E-state index contributed by atoms with van der Waals surface area (Å²) in [5.41, 5.74) is 1.55. The number of fused-ring (bicyclic) bond motifs is 1. The maximum absolute atomic E-state index is 13.7. The lowest BCUT2D eigenvalue weighted by molar-refractivity contribution is 0.262. The molecule has 0 aliphatic carbocycles. The molecule has 0 atom stereocenters. The Morgan fingerprint density at radius 3 is 2.56 bits per heavy atom. The molecule has 1 aliphatic rings. The molecule has 5 nitrogen and oxygen atoms in total. The van der Waals surface area contributed by atoms with Crippen molar-refractivity contribution in [2.75, 3.05) is 10.6 Å². The molecule has 2 heterocycles.